The van der Waals surface area contributed by atoms with Crippen LogP contribution < -0.4 is 15.8 Å². The summed E-state index contributed by atoms with van der Waals surface area (Å²) in [5, 5.41) is 3.11. The molecule has 0 atom stereocenters. The summed E-state index contributed by atoms with van der Waals surface area (Å²) in [4.78, 5) is 4.31. The van der Waals surface area contributed by atoms with Gasteiger partial charge in [-0.15, -0.1) is 24.0 Å². The van der Waals surface area contributed by atoms with Crippen molar-refractivity contribution in [3.63, 3.8) is 0 Å². The van der Waals surface area contributed by atoms with E-state index in [2.05, 4.69) is 29.4 Å². The largest absolute Gasteiger partial charge is 0.494 e. The topological polar surface area (TPSA) is 59.6 Å². The molecule has 3 N–H and O–H groups in total. The summed E-state index contributed by atoms with van der Waals surface area (Å²) in [7, 11) is 0. The monoisotopic (exact) mass is 425 g/mol. The van der Waals surface area contributed by atoms with Crippen LogP contribution >= 0.6 is 24.0 Å². The lowest BCUT2D eigenvalue weighted by atomic mass is 10.1. The number of guanidine groups is 1. The number of aryl methyl sites for hydroxylation is 1. The molecule has 0 radical (unpaired) electrons. The SMILES string of the molecule is CCc1cccc(NC(N)=NCCCOc2ccccc2)c1.I. The van der Waals surface area contributed by atoms with Crippen molar-refractivity contribution in [2.45, 2.75) is 19.8 Å². The van der Waals surface area contributed by atoms with Crippen molar-refractivity contribution in [1.29, 1.82) is 0 Å². The van der Waals surface area contributed by atoms with Gasteiger partial charge < -0.3 is 15.8 Å². The number of nitrogens with zero attached hydrogens (tertiary/aromatic N) is 1. The highest BCUT2D eigenvalue weighted by atomic mass is 127. The van der Waals surface area contributed by atoms with E-state index in [1.807, 2.05) is 42.5 Å². The third-order valence-corrected chi connectivity index (χ3v) is 3.20. The quantitative estimate of drug-likeness (QED) is 0.305. The van der Waals surface area contributed by atoms with Crippen molar-refractivity contribution in [3.8, 4) is 5.75 Å². The van der Waals surface area contributed by atoms with Gasteiger partial charge in [-0.25, -0.2) is 0 Å². The van der Waals surface area contributed by atoms with Crippen LogP contribution in [0.15, 0.2) is 59.6 Å². The fourth-order valence-electron chi connectivity index (χ4n) is 2.03. The second kappa shape index (κ2) is 10.9. The Bertz CT molecular complexity index is 602. The summed E-state index contributed by atoms with van der Waals surface area (Å²) in [6.07, 6.45) is 1.83. The molecule has 0 amide bonds. The van der Waals surface area contributed by atoms with Crippen molar-refractivity contribution >= 4 is 35.6 Å². The Morgan fingerprint density at radius 1 is 1.13 bits per heavy atom. The lowest BCUT2D eigenvalue weighted by Crippen LogP contribution is -2.23. The molecule has 0 saturated heterocycles. The predicted molar refractivity (Wildman–Crippen MR) is 108 cm³/mol. The summed E-state index contributed by atoms with van der Waals surface area (Å²) in [6, 6.07) is 18.0. The second-order valence-electron chi connectivity index (χ2n) is 4.96. The van der Waals surface area contributed by atoms with Gasteiger partial charge in [-0.1, -0.05) is 37.3 Å². The van der Waals surface area contributed by atoms with Gasteiger partial charge in [0, 0.05) is 18.7 Å². The highest BCUT2D eigenvalue weighted by molar-refractivity contribution is 14.0. The zero-order valence-electron chi connectivity index (χ0n) is 13.4. The molecule has 0 spiro atoms. The van der Waals surface area contributed by atoms with Crippen molar-refractivity contribution < 1.29 is 4.74 Å². The van der Waals surface area contributed by atoms with Gasteiger partial charge >= 0.3 is 0 Å². The molecule has 0 fully saturated rings. The molecule has 124 valence electrons. The smallest absolute Gasteiger partial charge is 0.193 e. The van der Waals surface area contributed by atoms with Crippen LogP contribution in [0.4, 0.5) is 5.69 Å². The van der Waals surface area contributed by atoms with Crippen LogP contribution in [0.2, 0.25) is 0 Å². The summed E-state index contributed by atoms with van der Waals surface area (Å²) in [6.45, 7) is 3.40. The number of nitrogens with two attached hydrogens (primary N) is 1. The molecule has 0 aliphatic carbocycles. The number of ether oxygens (including phenoxy) is 1. The van der Waals surface area contributed by atoms with Crippen molar-refractivity contribution in [2.75, 3.05) is 18.5 Å². The maximum atomic E-state index is 5.89. The Kier molecular flexibility index (Phi) is 9.12. The summed E-state index contributed by atoms with van der Waals surface area (Å²) < 4.78 is 5.61. The molecule has 0 aromatic heterocycles. The molecule has 2 aromatic rings. The molecule has 2 rings (SSSR count). The average molecular weight is 425 g/mol. The third-order valence-electron chi connectivity index (χ3n) is 3.20. The Morgan fingerprint density at radius 3 is 2.65 bits per heavy atom. The highest BCUT2D eigenvalue weighted by Crippen LogP contribution is 2.11. The normalized spacial score (nSPS) is 10.7. The van der Waals surface area contributed by atoms with Crippen LogP contribution in [0, 0.1) is 0 Å². The van der Waals surface area contributed by atoms with Gasteiger partial charge in [-0.2, -0.15) is 0 Å². The minimum Gasteiger partial charge on any atom is -0.494 e. The van der Waals surface area contributed by atoms with Crippen molar-refractivity contribution in [3.05, 3.63) is 60.2 Å². The van der Waals surface area contributed by atoms with Gasteiger partial charge in [0.2, 0.25) is 0 Å². The predicted octanol–water partition coefficient (Wildman–Crippen LogP) is 4.06. The molecular formula is C18H24IN3O. The standard InChI is InChI=1S/C18H23N3O.HI/c1-2-15-8-6-9-16(14-15)21-18(19)20-12-7-13-22-17-10-4-3-5-11-17;/h3-6,8-11,14H,2,7,12-13H2,1H3,(H3,19,20,21);1H. The molecule has 0 unspecified atom stereocenters. The molecule has 2 aromatic carbocycles. The number of anilines is 1. The Hall–Kier alpha value is -1.76. The number of hydrogen-bond acceptors (Lipinski definition) is 2. The summed E-state index contributed by atoms with van der Waals surface area (Å²) in [5.41, 5.74) is 8.13. The summed E-state index contributed by atoms with van der Waals surface area (Å²) in [5.74, 6) is 1.32. The van der Waals surface area contributed by atoms with Gasteiger partial charge in [-0.3, -0.25) is 4.99 Å². The maximum absolute atomic E-state index is 5.89. The summed E-state index contributed by atoms with van der Waals surface area (Å²) >= 11 is 0. The van der Waals surface area contributed by atoms with E-state index in [1.54, 1.807) is 0 Å². The zero-order valence-corrected chi connectivity index (χ0v) is 15.7. The molecule has 0 bridgehead atoms. The molecule has 0 aliphatic rings. The number of halogens is 1. The first-order valence-corrected chi connectivity index (χ1v) is 7.61. The van der Waals surface area contributed by atoms with E-state index < -0.39 is 0 Å². The molecule has 0 saturated carbocycles. The van der Waals surface area contributed by atoms with Crippen LogP contribution in [0.5, 0.6) is 5.75 Å². The van der Waals surface area contributed by atoms with Gasteiger partial charge in [0.15, 0.2) is 5.96 Å². The second-order valence-corrected chi connectivity index (χ2v) is 4.96. The van der Waals surface area contributed by atoms with Crippen LogP contribution in [0.25, 0.3) is 0 Å². The average Bonchev–Trinajstić information content (AvgIpc) is 2.55. The van der Waals surface area contributed by atoms with E-state index >= 15 is 0 Å². The minimum atomic E-state index is 0. The molecule has 4 nitrogen and oxygen atoms in total. The number of benzene rings is 2. The van der Waals surface area contributed by atoms with Gasteiger partial charge in [0.1, 0.15) is 5.75 Å². The number of nitrogens with one attached hydrogen (secondary N) is 1. The molecular weight excluding hydrogens is 401 g/mol. The Balaban J connectivity index is 0.00000264. The maximum Gasteiger partial charge on any atom is 0.193 e. The molecule has 0 heterocycles. The van der Waals surface area contributed by atoms with Gasteiger partial charge in [0.25, 0.3) is 0 Å². The first-order valence-electron chi connectivity index (χ1n) is 7.61. The van der Waals surface area contributed by atoms with E-state index in [4.69, 9.17) is 10.5 Å². The van der Waals surface area contributed by atoms with E-state index in [1.165, 1.54) is 5.56 Å². The molecule has 0 aliphatic heterocycles. The van der Waals surface area contributed by atoms with Crippen LogP contribution in [0.1, 0.15) is 18.9 Å². The number of para-hydroxylation sites is 1. The van der Waals surface area contributed by atoms with E-state index in [9.17, 15) is 0 Å². The van der Waals surface area contributed by atoms with Crippen LogP contribution in [-0.2, 0) is 6.42 Å². The Labute approximate surface area is 155 Å². The minimum absolute atomic E-state index is 0. The number of hydrogen-bond donors (Lipinski definition) is 2. The fourth-order valence-corrected chi connectivity index (χ4v) is 2.03. The lowest BCUT2D eigenvalue weighted by molar-refractivity contribution is 0.313. The zero-order chi connectivity index (χ0) is 15.6. The van der Waals surface area contributed by atoms with E-state index in [-0.39, 0.29) is 24.0 Å². The van der Waals surface area contributed by atoms with Crippen LogP contribution in [-0.4, -0.2) is 19.1 Å². The third kappa shape index (κ3) is 7.36. The first kappa shape index (κ1) is 19.3. The first-order chi connectivity index (χ1) is 10.8. The number of rotatable bonds is 7. The highest BCUT2D eigenvalue weighted by Gasteiger charge is 1.97. The van der Waals surface area contributed by atoms with Crippen molar-refractivity contribution in [1.82, 2.24) is 0 Å². The lowest BCUT2D eigenvalue weighted by Gasteiger charge is -2.07. The van der Waals surface area contributed by atoms with Gasteiger partial charge in [0.05, 0.1) is 6.61 Å². The van der Waals surface area contributed by atoms with Gasteiger partial charge in [-0.05, 0) is 36.2 Å². The van der Waals surface area contributed by atoms with E-state index in [0.29, 0.717) is 19.1 Å². The fraction of sp³-hybridized carbons (Fsp3) is 0.278. The van der Waals surface area contributed by atoms with Crippen molar-refractivity contribution in [2.24, 2.45) is 10.7 Å². The Morgan fingerprint density at radius 2 is 1.91 bits per heavy atom. The molecule has 5 heteroatoms. The van der Waals surface area contributed by atoms with Crippen LogP contribution in [0.3, 0.4) is 0 Å². The number of aliphatic imine (C=N–C) groups is 1. The molecule has 23 heavy (non-hydrogen) atoms. The van der Waals surface area contributed by atoms with E-state index in [0.717, 1.165) is 24.3 Å².